The maximum atomic E-state index is 13.7. The molecule has 2 aromatic rings. The third-order valence-corrected chi connectivity index (χ3v) is 8.14. The lowest BCUT2D eigenvalue weighted by molar-refractivity contribution is -0.155. The van der Waals surface area contributed by atoms with Gasteiger partial charge in [-0.1, -0.05) is 51.0 Å². The largest absolute Gasteiger partial charge is 0.496 e. The van der Waals surface area contributed by atoms with Gasteiger partial charge in [-0.3, -0.25) is 14.3 Å². The molecule has 2 saturated carbocycles. The number of amides is 1. The summed E-state index contributed by atoms with van der Waals surface area (Å²) in [4.78, 5) is 26.5. The van der Waals surface area contributed by atoms with Gasteiger partial charge in [-0.05, 0) is 70.6 Å². The molecule has 2 fully saturated rings. The van der Waals surface area contributed by atoms with Crippen LogP contribution in [0.25, 0.3) is 11.3 Å². The number of aromatic nitrogens is 2. The Bertz CT molecular complexity index is 1120. The molecular formula is C32H47N3O5. The van der Waals surface area contributed by atoms with Crippen molar-refractivity contribution in [1.29, 1.82) is 0 Å². The van der Waals surface area contributed by atoms with Crippen molar-refractivity contribution in [2.75, 3.05) is 14.2 Å². The summed E-state index contributed by atoms with van der Waals surface area (Å²) in [7, 11) is 3.27. The molecule has 8 nitrogen and oxygen atoms in total. The van der Waals surface area contributed by atoms with E-state index in [1.54, 1.807) is 14.2 Å². The number of ether oxygens (including phenoxy) is 3. The number of nitrogens with one attached hydrogen (secondary N) is 1. The van der Waals surface area contributed by atoms with Crippen LogP contribution < -0.4 is 14.8 Å². The van der Waals surface area contributed by atoms with Crippen molar-refractivity contribution in [3.63, 3.8) is 0 Å². The average Bonchev–Trinajstić information content (AvgIpc) is 3.61. The second-order valence-electron chi connectivity index (χ2n) is 12.4. The van der Waals surface area contributed by atoms with Gasteiger partial charge in [-0.15, -0.1) is 0 Å². The quantitative estimate of drug-likeness (QED) is 0.305. The van der Waals surface area contributed by atoms with Gasteiger partial charge >= 0.3 is 5.97 Å². The number of benzene rings is 1. The van der Waals surface area contributed by atoms with Crippen molar-refractivity contribution < 1.29 is 23.8 Å². The fourth-order valence-electron chi connectivity index (χ4n) is 6.20. The van der Waals surface area contributed by atoms with Gasteiger partial charge in [-0.25, -0.2) is 0 Å². The van der Waals surface area contributed by atoms with E-state index in [1.807, 2.05) is 49.7 Å². The molecule has 0 saturated heterocycles. The highest BCUT2D eigenvalue weighted by Crippen LogP contribution is 2.42. The molecule has 1 atom stereocenters. The van der Waals surface area contributed by atoms with Crippen molar-refractivity contribution in [2.45, 2.75) is 116 Å². The minimum absolute atomic E-state index is 0.145. The molecule has 0 spiro atoms. The zero-order valence-electron chi connectivity index (χ0n) is 25.0. The number of esters is 1. The van der Waals surface area contributed by atoms with E-state index < -0.39 is 5.60 Å². The van der Waals surface area contributed by atoms with Crippen LogP contribution in [0.15, 0.2) is 24.3 Å². The summed E-state index contributed by atoms with van der Waals surface area (Å²) in [6, 6.07) is 7.40. The van der Waals surface area contributed by atoms with Gasteiger partial charge in [0.1, 0.15) is 17.1 Å². The fraction of sp³-hybridized carbons (Fsp3) is 0.656. The number of rotatable bonds is 11. The number of hydrogen-bond acceptors (Lipinski definition) is 6. The Morgan fingerprint density at radius 3 is 2.23 bits per heavy atom. The molecule has 1 aromatic carbocycles. The first kappa shape index (κ1) is 29.9. The first-order valence-corrected chi connectivity index (χ1v) is 15.0. The Labute approximate surface area is 239 Å². The monoisotopic (exact) mass is 553 g/mol. The molecule has 40 heavy (non-hydrogen) atoms. The maximum absolute atomic E-state index is 13.7. The zero-order chi connectivity index (χ0) is 28.7. The van der Waals surface area contributed by atoms with E-state index in [0.717, 1.165) is 49.8 Å². The number of carbonyl (C=O) groups excluding carboxylic acids is 2. The molecular weight excluding hydrogens is 506 g/mol. The van der Waals surface area contributed by atoms with Crippen molar-refractivity contribution in [3.05, 3.63) is 30.0 Å². The molecule has 2 aliphatic rings. The van der Waals surface area contributed by atoms with E-state index >= 15 is 0 Å². The summed E-state index contributed by atoms with van der Waals surface area (Å²) in [5.41, 5.74) is 1.35. The van der Waals surface area contributed by atoms with Crippen LogP contribution in [-0.4, -0.2) is 47.5 Å². The van der Waals surface area contributed by atoms with Crippen molar-refractivity contribution in [2.24, 2.45) is 5.92 Å². The molecule has 1 amide bonds. The van der Waals surface area contributed by atoms with Gasteiger partial charge < -0.3 is 19.5 Å². The Hall–Kier alpha value is -3.03. The molecule has 8 heteroatoms. The van der Waals surface area contributed by atoms with Gasteiger partial charge in [0.15, 0.2) is 5.69 Å². The molecule has 4 rings (SSSR count). The van der Waals surface area contributed by atoms with Crippen molar-refractivity contribution in [1.82, 2.24) is 15.1 Å². The highest BCUT2D eigenvalue weighted by Gasteiger charge is 2.29. The second kappa shape index (κ2) is 13.6. The number of nitrogens with zero attached hydrogens (tertiary/aromatic N) is 2. The summed E-state index contributed by atoms with van der Waals surface area (Å²) < 4.78 is 19.0. The van der Waals surface area contributed by atoms with Crippen molar-refractivity contribution >= 4 is 11.9 Å². The van der Waals surface area contributed by atoms with Gasteiger partial charge in [0, 0.05) is 6.04 Å². The summed E-state index contributed by atoms with van der Waals surface area (Å²) >= 11 is 0. The predicted molar refractivity (Wildman–Crippen MR) is 156 cm³/mol. The number of hydrogen-bond donors (Lipinski definition) is 1. The van der Waals surface area contributed by atoms with Crippen LogP contribution >= 0.6 is 0 Å². The Morgan fingerprint density at radius 2 is 1.62 bits per heavy atom. The summed E-state index contributed by atoms with van der Waals surface area (Å²) in [6.07, 6.45) is 12.5. The number of methoxy groups -OCH3 is 2. The van der Waals surface area contributed by atoms with Gasteiger partial charge in [0.2, 0.25) is 0 Å². The molecule has 1 aromatic heterocycles. The summed E-state index contributed by atoms with van der Waals surface area (Å²) in [5.74, 6) is 1.42. The second-order valence-corrected chi connectivity index (χ2v) is 12.4. The van der Waals surface area contributed by atoms with E-state index in [9.17, 15) is 9.59 Å². The smallest absolute Gasteiger partial charge is 0.308 e. The SMILES string of the molecule is COc1cccc(OC)c1-c1cc(C(=O)NC(CCC2CCCCC2)CC(=O)OC(C)(C)C)nn1C1CCCC1. The highest BCUT2D eigenvalue weighted by molar-refractivity contribution is 5.94. The Kier molecular flexibility index (Phi) is 10.1. The summed E-state index contributed by atoms with van der Waals surface area (Å²) in [6.45, 7) is 5.59. The van der Waals surface area contributed by atoms with E-state index in [4.69, 9.17) is 19.3 Å². The first-order valence-electron chi connectivity index (χ1n) is 15.0. The normalized spacial score (nSPS) is 17.4. The molecule has 0 aliphatic heterocycles. The fourth-order valence-corrected chi connectivity index (χ4v) is 6.20. The molecule has 1 unspecified atom stereocenters. The Morgan fingerprint density at radius 1 is 1.00 bits per heavy atom. The van der Waals surface area contributed by atoms with Crippen LogP contribution in [-0.2, 0) is 9.53 Å². The average molecular weight is 554 g/mol. The molecule has 2 aliphatic carbocycles. The molecule has 0 bridgehead atoms. The maximum Gasteiger partial charge on any atom is 0.308 e. The van der Waals surface area contributed by atoms with E-state index in [-0.39, 0.29) is 30.4 Å². The minimum atomic E-state index is -0.572. The van der Waals surface area contributed by atoms with Crippen LogP contribution in [0.4, 0.5) is 0 Å². The lowest BCUT2D eigenvalue weighted by Gasteiger charge is -2.26. The van der Waals surface area contributed by atoms with E-state index in [2.05, 4.69) is 5.32 Å². The lowest BCUT2D eigenvalue weighted by Crippen LogP contribution is -2.38. The van der Waals surface area contributed by atoms with Gasteiger partial charge in [0.25, 0.3) is 5.91 Å². The minimum Gasteiger partial charge on any atom is -0.496 e. The third kappa shape index (κ3) is 7.79. The zero-order valence-corrected chi connectivity index (χ0v) is 25.0. The molecule has 1 N–H and O–H groups in total. The molecule has 220 valence electrons. The van der Waals surface area contributed by atoms with Gasteiger partial charge in [0.05, 0.1) is 37.9 Å². The van der Waals surface area contributed by atoms with Crippen molar-refractivity contribution in [3.8, 4) is 22.8 Å². The van der Waals surface area contributed by atoms with Crippen LogP contribution in [0, 0.1) is 5.92 Å². The third-order valence-electron chi connectivity index (χ3n) is 8.14. The van der Waals surface area contributed by atoms with E-state index in [1.165, 1.54) is 32.1 Å². The van der Waals surface area contributed by atoms with Gasteiger partial charge in [-0.2, -0.15) is 5.10 Å². The molecule has 0 radical (unpaired) electrons. The number of carbonyl (C=O) groups is 2. The topological polar surface area (TPSA) is 91.7 Å². The van der Waals surface area contributed by atoms with Crippen LogP contribution in [0.2, 0.25) is 0 Å². The molecule has 1 heterocycles. The van der Waals surface area contributed by atoms with Crippen LogP contribution in [0.3, 0.4) is 0 Å². The summed E-state index contributed by atoms with van der Waals surface area (Å²) in [5, 5.41) is 7.99. The van der Waals surface area contributed by atoms with Crippen LogP contribution in [0.1, 0.15) is 114 Å². The standard InChI is InChI=1S/C32H47N3O5/c1-32(2,3)40-29(36)20-23(19-18-22-12-7-6-8-13-22)33-31(37)25-21-26(35(34-25)24-14-9-10-15-24)30-27(38-4)16-11-17-28(30)39-5/h11,16-17,21-24H,6-10,12-15,18-20H2,1-5H3,(H,33,37). The Balaban J connectivity index is 1.60. The van der Waals surface area contributed by atoms with Crippen LogP contribution in [0.5, 0.6) is 11.5 Å². The lowest BCUT2D eigenvalue weighted by atomic mass is 9.85. The first-order chi connectivity index (χ1) is 19.2. The highest BCUT2D eigenvalue weighted by atomic mass is 16.6. The van der Waals surface area contributed by atoms with E-state index in [0.29, 0.717) is 23.1 Å². The predicted octanol–water partition coefficient (Wildman–Crippen LogP) is 6.87.